The van der Waals surface area contributed by atoms with Crippen molar-refractivity contribution in [1.29, 1.82) is 0 Å². The highest BCUT2D eigenvalue weighted by Crippen LogP contribution is 2.16. The molecule has 6 heteroatoms. The Bertz CT molecular complexity index is 770. The summed E-state index contributed by atoms with van der Waals surface area (Å²) >= 11 is 0. The number of Topliss-reactive ketones (excluding diaryl/α,β-unsaturated/α-hetero) is 1. The zero-order valence-electron chi connectivity index (χ0n) is 12.1. The van der Waals surface area contributed by atoms with Crippen molar-refractivity contribution in [2.45, 2.75) is 19.5 Å². The molecule has 2 heterocycles. The molecule has 2 radical (unpaired) electrons. The molecule has 1 aliphatic rings. The van der Waals surface area contributed by atoms with Crippen LogP contribution in [-0.2, 0) is 19.5 Å². The molecule has 2 aromatic rings. The summed E-state index contributed by atoms with van der Waals surface area (Å²) in [6.45, 7) is 1.78. The largest absolute Gasteiger partial charge is 0.437 e. The lowest BCUT2D eigenvalue weighted by molar-refractivity contribution is 0.0970. The van der Waals surface area contributed by atoms with Gasteiger partial charge in [0.15, 0.2) is 5.78 Å². The first-order valence-corrected chi connectivity index (χ1v) is 7.20. The van der Waals surface area contributed by atoms with E-state index >= 15 is 0 Å². The van der Waals surface area contributed by atoms with E-state index in [-0.39, 0.29) is 17.9 Å². The molecule has 110 valence electrons. The molecular weight excluding hydrogens is 277 g/mol. The molecule has 0 amide bonds. The first-order valence-electron chi connectivity index (χ1n) is 7.20. The predicted molar refractivity (Wildman–Crippen MR) is 86.3 cm³/mol. The van der Waals surface area contributed by atoms with Gasteiger partial charge in [-0.2, -0.15) is 0 Å². The van der Waals surface area contributed by atoms with Crippen molar-refractivity contribution in [3.63, 3.8) is 0 Å². The lowest BCUT2D eigenvalue weighted by atomic mass is 9.97. The third kappa shape index (κ3) is 2.97. The SMILES string of the molecule is [B]Nc1ccn(CC(=O)c2ccc3c(c2)CNCC3)c(=O)c1. The van der Waals surface area contributed by atoms with E-state index in [2.05, 4.69) is 10.5 Å². The second-order valence-corrected chi connectivity index (χ2v) is 5.36. The first kappa shape index (κ1) is 14.6. The van der Waals surface area contributed by atoms with Crippen LogP contribution in [-0.4, -0.2) is 24.9 Å². The number of fused-ring (bicyclic) bond motifs is 1. The van der Waals surface area contributed by atoms with Crippen molar-refractivity contribution < 1.29 is 4.79 Å². The lowest BCUT2D eigenvalue weighted by Gasteiger charge is -2.17. The maximum absolute atomic E-state index is 12.4. The highest BCUT2D eigenvalue weighted by Gasteiger charge is 2.13. The molecule has 0 saturated heterocycles. The van der Waals surface area contributed by atoms with Gasteiger partial charge in [-0.3, -0.25) is 9.59 Å². The average molecular weight is 293 g/mol. The first-order chi connectivity index (χ1) is 10.7. The van der Waals surface area contributed by atoms with Gasteiger partial charge in [0.25, 0.3) is 5.56 Å². The molecule has 1 aliphatic heterocycles. The van der Waals surface area contributed by atoms with Crippen LogP contribution in [0.5, 0.6) is 0 Å². The van der Waals surface area contributed by atoms with Gasteiger partial charge in [0.05, 0.1) is 6.54 Å². The van der Waals surface area contributed by atoms with Crippen LogP contribution in [0.25, 0.3) is 0 Å². The quantitative estimate of drug-likeness (QED) is 0.648. The maximum Gasteiger partial charge on any atom is 0.252 e. The van der Waals surface area contributed by atoms with Gasteiger partial charge in [0.2, 0.25) is 7.98 Å². The van der Waals surface area contributed by atoms with E-state index in [1.807, 2.05) is 18.2 Å². The van der Waals surface area contributed by atoms with Gasteiger partial charge in [-0.1, -0.05) is 12.1 Å². The highest BCUT2D eigenvalue weighted by atomic mass is 16.1. The second-order valence-electron chi connectivity index (χ2n) is 5.36. The number of nitrogens with zero attached hydrogens (tertiary/aromatic N) is 1. The van der Waals surface area contributed by atoms with Crippen LogP contribution in [0.3, 0.4) is 0 Å². The monoisotopic (exact) mass is 293 g/mol. The van der Waals surface area contributed by atoms with Crippen LogP contribution in [0.15, 0.2) is 41.3 Å². The fourth-order valence-electron chi connectivity index (χ4n) is 2.63. The van der Waals surface area contributed by atoms with Crippen LogP contribution in [0.2, 0.25) is 0 Å². The molecule has 0 saturated carbocycles. The van der Waals surface area contributed by atoms with Crippen LogP contribution in [0.4, 0.5) is 5.69 Å². The van der Waals surface area contributed by atoms with Crippen LogP contribution >= 0.6 is 0 Å². The van der Waals surface area contributed by atoms with Gasteiger partial charge in [-0.15, -0.1) is 0 Å². The molecule has 0 spiro atoms. The van der Waals surface area contributed by atoms with E-state index in [0.717, 1.165) is 25.1 Å². The fraction of sp³-hybridized carbons (Fsp3) is 0.250. The zero-order valence-corrected chi connectivity index (χ0v) is 12.1. The van der Waals surface area contributed by atoms with E-state index in [1.54, 1.807) is 12.3 Å². The lowest BCUT2D eigenvalue weighted by Crippen LogP contribution is -2.25. The van der Waals surface area contributed by atoms with Gasteiger partial charge in [-0.25, -0.2) is 0 Å². The maximum atomic E-state index is 12.4. The second kappa shape index (κ2) is 6.19. The number of rotatable bonds is 4. The van der Waals surface area contributed by atoms with Crippen LogP contribution in [0, 0.1) is 0 Å². The molecule has 0 fully saturated rings. The average Bonchev–Trinajstić information content (AvgIpc) is 2.56. The Morgan fingerprint density at radius 3 is 2.91 bits per heavy atom. The van der Waals surface area contributed by atoms with Gasteiger partial charge in [-0.05, 0) is 36.2 Å². The Labute approximate surface area is 129 Å². The number of carbonyl (C=O) groups excluding carboxylic acids is 1. The summed E-state index contributed by atoms with van der Waals surface area (Å²) in [5.41, 5.74) is 3.34. The standard InChI is InChI=1S/C16H16BN3O2/c17-19-14-4-6-20(16(22)8-14)10-15(21)12-2-1-11-3-5-18-9-13(11)7-12/h1-2,4,6-8,18-19H,3,5,9-10H2. The number of hydrogen-bond donors (Lipinski definition) is 2. The Kier molecular flexibility index (Phi) is 4.11. The van der Waals surface area contributed by atoms with E-state index in [4.69, 9.17) is 7.98 Å². The molecule has 5 nitrogen and oxygen atoms in total. The molecule has 1 aromatic heterocycles. The van der Waals surface area contributed by atoms with Crippen molar-refractivity contribution in [3.05, 3.63) is 63.6 Å². The summed E-state index contributed by atoms with van der Waals surface area (Å²) < 4.78 is 1.38. The van der Waals surface area contributed by atoms with Crippen molar-refractivity contribution in [1.82, 2.24) is 9.88 Å². The molecule has 0 bridgehead atoms. The predicted octanol–water partition coefficient (Wildman–Crippen LogP) is 0.872. The van der Waals surface area contributed by atoms with Gasteiger partial charge in [0.1, 0.15) is 0 Å². The number of ketones is 1. The van der Waals surface area contributed by atoms with Gasteiger partial charge < -0.3 is 15.1 Å². The van der Waals surface area contributed by atoms with Crippen molar-refractivity contribution in [2.24, 2.45) is 0 Å². The van der Waals surface area contributed by atoms with Gasteiger partial charge >= 0.3 is 0 Å². The minimum Gasteiger partial charge on any atom is -0.437 e. The molecule has 2 N–H and O–H groups in total. The summed E-state index contributed by atoms with van der Waals surface area (Å²) in [7, 11) is 5.25. The number of carbonyl (C=O) groups is 1. The highest BCUT2D eigenvalue weighted by molar-refractivity contribution is 6.15. The van der Waals surface area contributed by atoms with E-state index < -0.39 is 0 Å². The third-order valence-electron chi connectivity index (χ3n) is 3.89. The van der Waals surface area contributed by atoms with E-state index in [9.17, 15) is 9.59 Å². The zero-order chi connectivity index (χ0) is 15.5. The molecule has 22 heavy (non-hydrogen) atoms. The van der Waals surface area contributed by atoms with Crippen molar-refractivity contribution in [3.8, 4) is 0 Å². The number of hydrogen-bond acceptors (Lipinski definition) is 4. The number of aromatic nitrogens is 1. The van der Waals surface area contributed by atoms with Crippen molar-refractivity contribution in [2.75, 3.05) is 11.8 Å². The minimum atomic E-state index is -0.261. The number of nitrogens with one attached hydrogen (secondary N) is 2. The Morgan fingerprint density at radius 2 is 2.14 bits per heavy atom. The number of pyridine rings is 1. The topological polar surface area (TPSA) is 63.1 Å². The number of anilines is 1. The fourth-order valence-corrected chi connectivity index (χ4v) is 2.63. The molecule has 0 aliphatic carbocycles. The van der Waals surface area contributed by atoms with E-state index in [1.165, 1.54) is 16.2 Å². The van der Waals surface area contributed by atoms with Crippen molar-refractivity contribution >= 4 is 19.5 Å². The summed E-state index contributed by atoms with van der Waals surface area (Å²) in [6, 6.07) is 8.79. The molecular formula is C16H16BN3O2. The summed E-state index contributed by atoms with van der Waals surface area (Å²) in [4.78, 5) is 24.3. The van der Waals surface area contributed by atoms with Crippen LogP contribution in [0.1, 0.15) is 21.5 Å². The summed E-state index contributed by atoms with van der Waals surface area (Å²) in [6.07, 6.45) is 2.55. The minimum absolute atomic E-state index is 0.0237. The Hall–Kier alpha value is -2.34. The summed E-state index contributed by atoms with van der Waals surface area (Å²) in [5, 5.41) is 5.70. The third-order valence-corrected chi connectivity index (χ3v) is 3.89. The molecule has 1 aromatic carbocycles. The van der Waals surface area contributed by atoms with Gasteiger partial charge in [0, 0.05) is 30.1 Å². The summed E-state index contributed by atoms with van der Waals surface area (Å²) in [5.74, 6) is -0.0797. The Balaban J connectivity index is 1.81. The Morgan fingerprint density at radius 1 is 1.27 bits per heavy atom. The molecule has 0 unspecified atom stereocenters. The normalized spacial score (nSPS) is 13.5. The number of benzene rings is 1. The molecule has 0 atom stereocenters. The van der Waals surface area contributed by atoms with E-state index in [0.29, 0.717) is 11.3 Å². The molecule has 3 rings (SSSR count). The smallest absolute Gasteiger partial charge is 0.252 e. The van der Waals surface area contributed by atoms with Crippen LogP contribution < -0.4 is 16.1 Å².